The second-order valence-electron chi connectivity index (χ2n) is 5.96. The minimum atomic E-state index is -3.80. The number of benzene rings is 1. The van der Waals surface area contributed by atoms with E-state index in [9.17, 15) is 22.0 Å². The summed E-state index contributed by atoms with van der Waals surface area (Å²) in [4.78, 5) is 14.0. The van der Waals surface area contributed by atoms with Crippen molar-refractivity contribution in [1.29, 1.82) is 0 Å². The largest absolute Gasteiger partial charge is 0.341 e. The molecule has 0 radical (unpaired) electrons. The molecule has 0 saturated carbocycles. The van der Waals surface area contributed by atoms with Gasteiger partial charge in [0.1, 0.15) is 6.54 Å². The molecule has 1 fully saturated rings. The Labute approximate surface area is 134 Å². The number of nitrogens with zero attached hydrogens (tertiary/aromatic N) is 2. The van der Waals surface area contributed by atoms with E-state index in [1.54, 1.807) is 4.90 Å². The van der Waals surface area contributed by atoms with Crippen molar-refractivity contribution in [3.63, 3.8) is 0 Å². The summed E-state index contributed by atoms with van der Waals surface area (Å²) in [5, 5.41) is 0. The topological polar surface area (TPSA) is 57.7 Å². The number of likely N-dealkylation sites (tertiary alicyclic amines) is 1. The first-order chi connectivity index (χ1) is 10.7. The molecule has 0 N–H and O–H groups in total. The maximum absolute atomic E-state index is 13.4. The van der Waals surface area contributed by atoms with E-state index < -0.39 is 28.2 Å². The molecule has 2 rings (SSSR count). The van der Waals surface area contributed by atoms with Crippen LogP contribution < -0.4 is 4.31 Å². The van der Waals surface area contributed by atoms with Crippen molar-refractivity contribution >= 4 is 21.6 Å². The lowest BCUT2D eigenvalue weighted by Crippen LogP contribution is -2.46. The van der Waals surface area contributed by atoms with Crippen molar-refractivity contribution in [2.45, 2.75) is 19.8 Å². The molecule has 0 bridgehead atoms. The van der Waals surface area contributed by atoms with E-state index in [2.05, 4.69) is 0 Å². The highest BCUT2D eigenvalue weighted by atomic mass is 32.2. The number of hydrogen-bond acceptors (Lipinski definition) is 3. The molecule has 128 valence electrons. The molecule has 0 spiro atoms. The molecule has 0 unspecified atom stereocenters. The molecule has 1 heterocycles. The highest BCUT2D eigenvalue weighted by molar-refractivity contribution is 7.92. The number of carbonyl (C=O) groups excluding carboxylic acids is 1. The Morgan fingerprint density at radius 3 is 2.61 bits per heavy atom. The predicted molar refractivity (Wildman–Crippen MR) is 83.5 cm³/mol. The number of carbonyl (C=O) groups is 1. The van der Waals surface area contributed by atoms with Gasteiger partial charge < -0.3 is 4.90 Å². The number of amides is 1. The molecule has 1 aromatic carbocycles. The summed E-state index contributed by atoms with van der Waals surface area (Å²) < 4.78 is 51.1. The van der Waals surface area contributed by atoms with Crippen LogP contribution in [0.15, 0.2) is 18.2 Å². The number of halogens is 2. The fourth-order valence-electron chi connectivity index (χ4n) is 2.68. The van der Waals surface area contributed by atoms with Gasteiger partial charge in [-0.2, -0.15) is 0 Å². The van der Waals surface area contributed by atoms with Crippen LogP contribution in [0.4, 0.5) is 14.5 Å². The van der Waals surface area contributed by atoms with E-state index in [-0.39, 0.29) is 11.6 Å². The first kappa shape index (κ1) is 17.7. The van der Waals surface area contributed by atoms with E-state index >= 15 is 0 Å². The molecule has 1 amide bonds. The third-order valence-electron chi connectivity index (χ3n) is 3.88. The van der Waals surface area contributed by atoms with Crippen molar-refractivity contribution in [2.75, 3.05) is 30.2 Å². The number of anilines is 1. The van der Waals surface area contributed by atoms with Crippen molar-refractivity contribution in [3.05, 3.63) is 29.8 Å². The summed E-state index contributed by atoms with van der Waals surface area (Å²) in [5.41, 5.74) is -0.0650. The van der Waals surface area contributed by atoms with Gasteiger partial charge in [0.25, 0.3) is 0 Å². The molecule has 1 aliphatic rings. The third-order valence-corrected chi connectivity index (χ3v) is 5.02. The van der Waals surface area contributed by atoms with Gasteiger partial charge >= 0.3 is 0 Å². The van der Waals surface area contributed by atoms with Crippen LogP contribution in [0.3, 0.4) is 0 Å². The molecule has 8 heteroatoms. The number of rotatable bonds is 4. The highest BCUT2D eigenvalue weighted by Gasteiger charge is 2.27. The molecule has 1 atom stereocenters. The van der Waals surface area contributed by atoms with Crippen LogP contribution in [-0.4, -0.2) is 45.1 Å². The van der Waals surface area contributed by atoms with E-state index in [0.717, 1.165) is 41.6 Å². The summed E-state index contributed by atoms with van der Waals surface area (Å²) in [7, 11) is -3.80. The fraction of sp³-hybridized carbons (Fsp3) is 0.533. The Bertz CT molecular complexity index is 694. The number of piperidine rings is 1. The fourth-order valence-corrected chi connectivity index (χ4v) is 3.52. The molecule has 1 aliphatic heterocycles. The Balaban J connectivity index is 2.22. The molecule has 5 nitrogen and oxygen atoms in total. The zero-order valence-corrected chi connectivity index (χ0v) is 13.9. The Kier molecular flexibility index (Phi) is 5.23. The lowest BCUT2D eigenvalue weighted by Gasteiger charge is -2.33. The van der Waals surface area contributed by atoms with Gasteiger partial charge in [-0.15, -0.1) is 0 Å². The molecule has 0 aromatic heterocycles. The smallest absolute Gasteiger partial charge is 0.243 e. The van der Waals surface area contributed by atoms with E-state index in [1.165, 1.54) is 0 Å². The molecule has 1 aromatic rings. The van der Waals surface area contributed by atoms with Gasteiger partial charge in [-0.3, -0.25) is 9.10 Å². The van der Waals surface area contributed by atoms with Gasteiger partial charge in [0.2, 0.25) is 15.9 Å². The van der Waals surface area contributed by atoms with Crippen molar-refractivity contribution in [3.8, 4) is 0 Å². The molecule has 23 heavy (non-hydrogen) atoms. The monoisotopic (exact) mass is 346 g/mol. The third kappa shape index (κ3) is 4.40. The maximum atomic E-state index is 13.4. The quantitative estimate of drug-likeness (QED) is 0.838. The summed E-state index contributed by atoms with van der Waals surface area (Å²) in [6, 6.07) is 2.77. The SMILES string of the molecule is C[C@@H]1CCCN(C(=O)CN(c2ccc(F)c(F)c2)S(C)(=O)=O)C1. The van der Waals surface area contributed by atoms with Crippen LogP contribution in [-0.2, 0) is 14.8 Å². The minimum Gasteiger partial charge on any atom is -0.341 e. The molecular weight excluding hydrogens is 326 g/mol. The zero-order valence-electron chi connectivity index (χ0n) is 13.1. The number of sulfonamides is 1. The number of hydrogen-bond donors (Lipinski definition) is 0. The molecule has 0 aliphatic carbocycles. The maximum Gasteiger partial charge on any atom is 0.243 e. The lowest BCUT2D eigenvalue weighted by atomic mass is 10.0. The summed E-state index contributed by atoms with van der Waals surface area (Å²) in [6.45, 7) is 2.77. The normalized spacial score (nSPS) is 18.8. The van der Waals surface area contributed by atoms with E-state index in [4.69, 9.17) is 0 Å². The lowest BCUT2D eigenvalue weighted by molar-refractivity contribution is -0.131. The van der Waals surface area contributed by atoms with Crippen molar-refractivity contribution < 1.29 is 22.0 Å². The predicted octanol–water partition coefficient (Wildman–Crippen LogP) is 1.99. The van der Waals surface area contributed by atoms with Gasteiger partial charge in [0.15, 0.2) is 11.6 Å². The second-order valence-corrected chi connectivity index (χ2v) is 7.86. The molecule has 1 saturated heterocycles. The Morgan fingerprint density at radius 1 is 1.35 bits per heavy atom. The first-order valence-corrected chi connectivity index (χ1v) is 9.24. The summed E-state index contributed by atoms with van der Waals surface area (Å²) in [6.07, 6.45) is 2.83. The van der Waals surface area contributed by atoms with Crippen LogP contribution in [0.5, 0.6) is 0 Å². The average molecular weight is 346 g/mol. The van der Waals surface area contributed by atoms with Gasteiger partial charge in [0.05, 0.1) is 11.9 Å². The van der Waals surface area contributed by atoms with Gasteiger partial charge in [-0.1, -0.05) is 6.92 Å². The summed E-state index contributed by atoms with van der Waals surface area (Å²) >= 11 is 0. The second kappa shape index (κ2) is 6.82. The van der Waals surface area contributed by atoms with Crippen LogP contribution in [0, 0.1) is 17.6 Å². The average Bonchev–Trinajstić information content (AvgIpc) is 2.46. The first-order valence-electron chi connectivity index (χ1n) is 7.39. The minimum absolute atomic E-state index is 0.0650. The zero-order chi connectivity index (χ0) is 17.2. The Morgan fingerprint density at radius 2 is 2.04 bits per heavy atom. The van der Waals surface area contributed by atoms with E-state index in [1.807, 2.05) is 6.92 Å². The summed E-state index contributed by atoms with van der Waals surface area (Å²) in [5.74, 6) is -2.21. The van der Waals surface area contributed by atoms with Crippen LogP contribution in [0.1, 0.15) is 19.8 Å². The molecular formula is C15H20F2N2O3S. The van der Waals surface area contributed by atoms with Crippen LogP contribution in [0.25, 0.3) is 0 Å². The van der Waals surface area contributed by atoms with Gasteiger partial charge in [-0.25, -0.2) is 17.2 Å². The Hall–Kier alpha value is -1.70. The van der Waals surface area contributed by atoms with Gasteiger partial charge in [0, 0.05) is 19.2 Å². The van der Waals surface area contributed by atoms with Crippen LogP contribution >= 0.6 is 0 Å². The van der Waals surface area contributed by atoms with Crippen LogP contribution in [0.2, 0.25) is 0 Å². The van der Waals surface area contributed by atoms with Crippen molar-refractivity contribution in [2.24, 2.45) is 5.92 Å². The van der Waals surface area contributed by atoms with E-state index in [0.29, 0.717) is 19.0 Å². The standard InChI is InChI=1S/C15H20F2N2O3S/c1-11-4-3-7-18(9-11)15(20)10-19(23(2,21)22)12-5-6-13(16)14(17)8-12/h5-6,8,11H,3-4,7,9-10H2,1-2H3/t11-/m1/s1. The van der Waals surface area contributed by atoms with Crippen molar-refractivity contribution in [1.82, 2.24) is 4.90 Å². The van der Waals surface area contributed by atoms with Gasteiger partial charge in [-0.05, 0) is 30.9 Å². The highest BCUT2D eigenvalue weighted by Crippen LogP contribution is 2.22.